The minimum Gasteiger partial charge on any atom is -0.486 e. The van der Waals surface area contributed by atoms with Crippen molar-refractivity contribution < 1.29 is 22.6 Å². The van der Waals surface area contributed by atoms with Crippen molar-refractivity contribution in [2.75, 3.05) is 5.75 Å². The zero-order valence-electron chi connectivity index (χ0n) is 14.3. The molecule has 2 heterocycles. The number of ether oxygens (including phenoxy) is 2. The van der Waals surface area contributed by atoms with Crippen molar-refractivity contribution in [1.82, 2.24) is 14.9 Å². The van der Waals surface area contributed by atoms with E-state index < -0.39 is 6.61 Å². The monoisotopic (exact) mass is 406 g/mol. The Morgan fingerprint density at radius 3 is 2.43 bits per heavy atom. The highest BCUT2D eigenvalue weighted by molar-refractivity contribution is 7.99. The highest BCUT2D eigenvalue weighted by Gasteiger charge is 2.20. The van der Waals surface area contributed by atoms with Crippen molar-refractivity contribution in [3.8, 4) is 11.5 Å². The average molecular weight is 406 g/mol. The molecule has 6 nitrogen and oxygen atoms in total. The Bertz CT molecular complexity index is 991. The van der Waals surface area contributed by atoms with Crippen LogP contribution in [0.25, 0.3) is 0 Å². The van der Waals surface area contributed by atoms with Crippen molar-refractivity contribution in [3.63, 3.8) is 0 Å². The summed E-state index contributed by atoms with van der Waals surface area (Å²) in [4.78, 5) is 0. The highest BCUT2D eigenvalue weighted by Crippen LogP contribution is 2.25. The Morgan fingerprint density at radius 1 is 1.00 bits per heavy atom. The van der Waals surface area contributed by atoms with E-state index in [1.807, 2.05) is 0 Å². The summed E-state index contributed by atoms with van der Waals surface area (Å²) >= 11 is 1.45. The molecule has 0 saturated heterocycles. The molecule has 10 heteroatoms. The van der Waals surface area contributed by atoms with Gasteiger partial charge in [-0.2, -0.15) is 18.6 Å². The molecule has 0 amide bonds. The van der Waals surface area contributed by atoms with Gasteiger partial charge in [0.2, 0.25) is 5.16 Å². The number of rotatable bonds is 6. The van der Waals surface area contributed by atoms with E-state index in [2.05, 4.69) is 20.0 Å². The van der Waals surface area contributed by atoms with Gasteiger partial charge in [0.1, 0.15) is 23.9 Å². The van der Waals surface area contributed by atoms with Crippen molar-refractivity contribution >= 4 is 17.5 Å². The van der Waals surface area contributed by atoms with Crippen molar-refractivity contribution in [3.05, 3.63) is 65.7 Å². The van der Waals surface area contributed by atoms with Gasteiger partial charge in [0.05, 0.1) is 5.71 Å². The van der Waals surface area contributed by atoms with Crippen LogP contribution in [0.5, 0.6) is 11.5 Å². The summed E-state index contributed by atoms with van der Waals surface area (Å²) in [6.07, 6.45) is 0. The molecule has 3 aromatic rings. The van der Waals surface area contributed by atoms with Crippen LogP contribution in [0.3, 0.4) is 0 Å². The summed E-state index contributed by atoms with van der Waals surface area (Å²) in [5, 5.41) is 13.3. The second-order valence-corrected chi connectivity index (χ2v) is 6.63. The Morgan fingerprint density at radius 2 is 1.71 bits per heavy atom. The first-order valence-corrected chi connectivity index (χ1v) is 9.15. The number of hydrogen-bond acceptors (Lipinski definition) is 6. The van der Waals surface area contributed by atoms with Gasteiger partial charge in [0.25, 0.3) is 0 Å². The van der Waals surface area contributed by atoms with Gasteiger partial charge in [-0.15, -0.1) is 10.2 Å². The second-order valence-electron chi connectivity index (χ2n) is 5.69. The van der Waals surface area contributed by atoms with Gasteiger partial charge in [-0.05, 0) is 54.1 Å². The Labute approximate surface area is 162 Å². The van der Waals surface area contributed by atoms with E-state index in [9.17, 15) is 13.2 Å². The first-order chi connectivity index (χ1) is 13.6. The predicted molar refractivity (Wildman–Crippen MR) is 96.5 cm³/mol. The maximum Gasteiger partial charge on any atom is 0.387 e. The van der Waals surface area contributed by atoms with Gasteiger partial charge in [0.15, 0.2) is 5.82 Å². The molecule has 28 heavy (non-hydrogen) atoms. The number of benzene rings is 2. The van der Waals surface area contributed by atoms with Crippen molar-refractivity contribution in [2.24, 2.45) is 5.10 Å². The van der Waals surface area contributed by atoms with Crippen LogP contribution in [0.2, 0.25) is 0 Å². The lowest BCUT2D eigenvalue weighted by molar-refractivity contribution is -0.0498. The third kappa shape index (κ3) is 4.11. The minimum absolute atomic E-state index is 0.0844. The quantitative estimate of drug-likeness (QED) is 0.620. The molecule has 2 aromatic carbocycles. The van der Waals surface area contributed by atoms with E-state index in [4.69, 9.17) is 4.74 Å². The summed E-state index contributed by atoms with van der Waals surface area (Å²) in [5.41, 5.74) is 1.52. The predicted octanol–water partition coefficient (Wildman–Crippen LogP) is 3.96. The zero-order valence-corrected chi connectivity index (χ0v) is 15.1. The lowest BCUT2D eigenvalue weighted by Gasteiger charge is -2.14. The molecule has 0 bridgehead atoms. The summed E-state index contributed by atoms with van der Waals surface area (Å²) in [6.45, 7) is -2.76. The number of alkyl halides is 2. The summed E-state index contributed by atoms with van der Waals surface area (Å²) < 4.78 is 49.1. The van der Waals surface area contributed by atoms with Crippen LogP contribution < -0.4 is 9.47 Å². The van der Waals surface area contributed by atoms with Gasteiger partial charge < -0.3 is 9.47 Å². The molecule has 0 spiro atoms. The van der Waals surface area contributed by atoms with E-state index in [1.54, 1.807) is 16.8 Å². The molecule has 0 unspecified atom stereocenters. The molecule has 1 aromatic heterocycles. The summed E-state index contributed by atoms with van der Waals surface area (Å²) in [5.74, 6) is 1.29. The molecule has 0 radical (unpaired) electrons. The van der Waals surface area contributed by atoms with Crippen LogP contribution in [-0.2, 0) is 6.61 Å². The van der Waals surface area contributed by atoms with E-state index in [0.29, 0.717) is 22.5 Å². The number of hydrogen-bond donors (Lipinski definition) is 0. The largest absolute Gasteiger partial charge is 0.486 e. The third-order valence-electron chi connectivity index (χ3n) is 3.83. The van der Waals surface area contributed by atoms with Crippen LogP contribution in [0, 0.1) is 5.82 Å². The molecular formula is C18H13F3N4O2S. The fraction of sp³-hybridized carbons (Fsp3) is 0.167. The molecule has 0 fully saturated rings. The van der Waals surface area contributed by atoms with Crippen LogP contribution in [0.15, 0.2) is 58.8 Å². The Hall–Kier alpha value is -3.01. The summed E-state index contributed by atoms with van der Waals surface area (Å²) in [6, 6.07) is 11.9. The smallest absolute Gasteiger partial charge is 0.387 e. The van der Waals surface area contributed by atoms with Crippen molar-refractivity contribution in [2.45, 2.75) is 18.4 Å². The van der Waals surface area contributed by atoms with Crippen LogP contribution in [0.4, 0.5) is 13.2 Å². The van der Waals surface area contributed by atoms with Crippen LogP contribution in [-0.4, -0.2) is 32.9 Å². The fourth-order valence-corrected chi connectivity index (χ4v) is 3.36. The average Bonchev–Trinajstić information content (AvgIpc) is 3.10. The summed E-state index contributed by atoms with van der Waals surface area (Å²) in [7, 11) is 0. The van der Waals surface area contributed by atoms with E-state index >= 15 is 0 Å². The standard InChI is InChI=1S/C18H13F3N4O2S/c19-12-3-7-13(8-4-12)26-9-16-22-23-18-25(16)24-15(10-28-18)11-1-5-14(6-2-11)27-17(20)21/h1-8,17H,9-10H2. The number of nitrogens with zero attached hydrogens (tertiary/aromatic N) is 4. The van der Waals surface area contributed by atoms with Crippen LogP contribution in [0.1, 0.15) is 11.4 Å². The van der Waals surface area contributed by atoms with Crippen molar-refractivity contribution in [1.29, 1.82) is 0 Å². The second kappa shape index (κ2) is 7.93. The molecule has 0 aliphatic carbocycles. The molecule has 144 valence electrons. The molecule has 0 N–H and O–H groups in total. The third-order valence-corrected chi connectivity index (χ3v) is 4.76. The molecular weight excluding hydrogens is 393 g/mol. The molecule has 1 aliphatic heterocycles. The van der Waals surface area contributed by atoms with Gasteiger partial charge >= 0.3 is 6.61 Å². The molecule has 0 atom stereocenters. The fourth-order valence-electron chi connectivity index (χ4n) is 2.51. The Kier molecular flexibility index (Phi) is 5.20. The van der Waals surface area contributed by atoms with E-state index in [1.165, 1.54) is 48.2 Å². The van der Waals surface area contributed by atoms with E-state index in [0.717, 1.165) is 11.3 Å². The maximum absolute atomic E-state index is 13.0. The van der Waals surface area contributed by atoms with Gasteiger partial charge in [-0.25, -0.2) is 4.39 Å². The molecule has 4 rings (SSSR count). The van der Waals surface area contributed by atoms with Crippen LogP contribution >= 0.6 is 11.8 Å². The topological polar surface area (TPSA) is 61.5 Å². The van der Waals surface area contributed by atoms with Gasteiger partial charge in [-0.3, -0.25) is 0 Å². The first-order valence-electron chi connectivity index (χ1n) is 8.17. The molecule has 0 saturated carbocycles. The number of halogens is 3. The normalized spacial score (nSPS) is 13.2. The first kappa shape index (κ1) is 18.4. The number of thioether (sulfide) groups is 1. The number of aromatic nitrogens is 3. The zero-order chi connectivity index (χ0) is 19.5. The maximum atomic E-state index is 13.0. The van der Waals surface area contributed by atoms with Gasteiger partial charge in [-0.1, -0.05) is 11.8 Å². The van der Waals surface area contributed by atoms with Gasteiger partial charge in [0, 0.05) is 5.75 Å². The number of fused-ring (bicyclic) bond motifs is 1. The SMILES string of the molecule is Fc1ccc(OCc2nnc3n2N=C(c2ccc(OC(F)F)cc2)CS3)cc1. The Balaban J connectivity index is 1.51. The van der Waals surface area contributed by atoms with E-state index in [-0.39, 0.29) is 18.2 Å². The minimum atomic E-state index is -2.86. The lowest BCUT2D eigenvalue weighted by atomic mass is 10.1. The molecule has 1 aliphatic rings. The lowest BCUT2D eigenvalue weighted by Crippen LogP contribution is -2.15. The highest BCUT2D eigenvalue weighted by atomic mass is 32.2.